The molecule has 0 aliphatic rings. The van der Waals surface area contributed by atoms with Gasteiger partial charge in [-0.05, 0) is 25.0 Å². The number of rotatable bonds is 6. The Labute approximate surface area is 112 Å². The van der Waals surface area contributed by atoms with E-state index in [0.717, 1.165) is 31.0 Å². The van der Waals surface area contributed by atoms with Crippen molar-refractivity contribution < 1.29 is 13.6 Å². The van der Waals surface area contributed by atoms with Gasteiger partial charge in [-0.3, -0.25) is 4.79 Å². The first-order valence-electron chi connectivity index (χ1n) is 6.50. The zero-order valence-electron chi connectivity index (χ0n) is 11.3. The van der Waals surface area contributed by atoms with Gasteiger partial charge in [-0.15, -0.1) is 0 Å². The van der Waals surface area contributed by atoms with Gasteiger partial charge in [0.05, 0.1) is 0 Å². The molecule has 1 aromatic carbocycles. The molecule has 0 aromatic heterocycles. The third-order valence-electron chi connectivity index (χ3n) is 3.12. The highest BCUT2D eigenvalue weighted by Crippen LogP contribution is 2.15. The molecule has 0 saturated carbocycles. The number of hydrogen-bond donors (Lipinski definition) is 1. The second kappa shape index (κ2) is 7.19. The van der Waals surface area contributed by atoms with Crippen molar-refractivity contribution in [2.24, 2.45) is 5.73 Å². The first kappa shape index (κ1) is 15.6. The highest BCUT2D eigenvalue weighted by molar-refractivity contribution is 5.94. The molecular formula is C14H20F2N2O. The molecule has 5 heteroatoms. The van der Waals surface area contributed by atoms with Crippen LogP contribution in [0.5, 0.6) is 0 Å². The summed E-state index contributed by atoms with van der Waals surface area (Å²) in [5, 5.41) is 0. The first-order chi connectivity index (χ1) is 9.03. The molecule has 1 aromatic rings. The fourth-order valence-corrected chi connectivity index (χ4v) is 2.16. The average molecular weight is 270 g/mol. The van der Waals surface area contributed by atoms with Gasteiger partial charge in [0, 0.05) is 30.8 Å². The fourth-order valence-electron chi connectivity index (χ4n) is 2.16. The Morgan fingerprint density at radius 3 is 2.16 bits per heavy atom. The number of benzene rings is 1. The molecule has 0 spiro atoms. The van der Waals surface area contributed by atoms with Crippen molar-refractivity contribution >= 4 is 5.91 Å². The van der Waals surface area contributed by atoms with Crippen LogP contribution in [0.1, 0.15) is 37.0 Å². The lowest BCUT2D eigenvalue weighted by Crippen LogP contribution is -2.42. The number of carbonyl (C=O) groups excluding carboxylic acids is 1. The molecule has 106 valence electrons. The highest BCUT2D eigenvalue weighted by atomic mass is 19.1. The molecule has 0 aliphatic carbocycles. The van der Waals surface area contributed by atoms with E-state index in [1.807, 2.05) is 13.8 Å². The lowest BCUT2D eigenvalue weighted by atomic mass is 10.1. The maximum absolute atomic E-state index is 13.2. The summed E-state index contributed by atoms with van der Waals surface area (Å²) in [7, 11) is 0. The van der Waals surface area contributed by atoms with E-state index >= 15 is 0 Å². The molecule has 0 unspecified atom stereocenters. The molecule has 0 saturated heterocycles. The number of hydrogen-bond acceptors (Lipinski definition) is 2. The van der Waals surface area contributed by atoms with E-state index in [1.165, 1.54) is 0 Å². The summed E-state index contributed by atoms with van der Waals surface area (Å²) < 4.78 is 26.3. The summed E-state index contributed by atoms with van der Waals surface area (Å²) in [6.45, 7) is 4.64. The van der Waals surface area contributed by atoms with Crippen LogP contribution in [-0.4, -0.2) is 29.9 Å². The third kappa shape index (κ3) is 3.99. The van der Waals surface area contributed by atoms with Gasteiger partial charge >= 0.3 is 0 Å². The predicted molar refractivity (Wildman–Crippen MR) is 70.8 cm³/mol. The molecule has 19 heavy (non-hydrogen) atoms. The van der Waals surface area contributed by atoms with E-state index < -0.39 is 11.6 Å². The van der Waals surface area contributed by atoms with Gasteiger partial charge in [-0.2, -0.15) is 0 Å². The molecule has 0 atom stereocenters. The van der Waals surface area contributed by atoms with Gasteiger partial charge < -0.3 is 10.6 Å². The van der Waals surface area contributed by atoms with E-state index in [4.69, 9.17) is 5.73 Å². The van der Waals surface area contributed by atoms with Crippen LogP contribution < -0.4 is 5.73 Å². The SMILES string of the molecule is CCC(CC)N(CCN)C(=O)c1cc(F)cc(F)c1. The van der Waals surface area contributed by atoms with Crippen LogP contribution in [-0.2, 0) is 0 Å². The van der Waals surface area contributed by atoms with Gasteiger partial charge in [-0.1, -0.05) is 13.8 Å². The van der Waals surface area contributed by atoms with Crippen molar-refractivity contribution in [3.8, 4) is 0 Å². The number of nitrogens with zero attached hydrogens (tertiary/aromatic N) is 1. The van der Waals surface area contributed by atoms with Crippen molar-refractivity contribution in [3.63, 3.8) is 0 Å². The van der Waals surface area contributed by atoms with E-state index in [2.05, 4.69) is 0 Å². The van der Waals surface area contributed by atoms with Gasteiger partial charge in [-0.25, -0.2) is 8.78 Å². The molecule has 0 bridgehead atoms. The predicted octanol–water partition coefficient (Wildman–Crippen LogP) is 2.55. The topological polar surface area (TPSA) is 46.3 Å². The van der Waals surface area contributed by atoms with Crippen LogP contribution in [0.2, 0.25) is 0 Å². The van der Waals surface area contributed by atoms with Crippen LogP contribution in [0.3, 0.4) is 0 Å². The molecular weight excluding hydrogens is 250 g/mol. The Kier molecular flexibility index (Phi) is 5.89. The molecule has 0 fully saturated rings. The molecule has 0 radical (unpaired) electrons. The zero-order valence-corrected chi connectivity index (χ0v) is 11.3. The van der Waals surface area contributed by atoms with E-state index in [0.29, 0.717) is 13.1 Å². The van der Waals surface area contributed by atoms with E-state index in [1.54, 1.807) is 4.90 Å². The van der Waals surface area contributed by atoms with Gasteiger partial charge in [0.15, 0.2) is 0 Å². The Hall–Kier alpha value is -1.49. The summed E-state index contributed by atoms with van der Waals surface area (Å²) >= 11 is 0. The normalized spacial score (nSPS) is 10.8. The zero-order chi connectivity index (χ0) is 14.4. The molecule has 0 aliphatic heterocycles. The number of halogens is 2. The summed E-state index contributed by atoms with van der Waals surface area (Å²) in [5.74, 6) is -1.88. The van der Waals surface area contributed by atoms with Crippen molar-refractivity contribution in [2.75, 3.05) is 13.1 Å². The molecule has 3 nitrogen and oxygen atoms in total. The van der Waals surface area contributed by atoms with Gasteiger partial charge in [0.1, 0.15) is 11.6 Å². The van der Waals surface area contributed by atoms with Crippen LogP contribution in [0.15, 0.2) is 18.2 Å². The number of nitrogens with two attached hydrogens (primary N) is 1. The summed E-state index contributed by atoms with van der Waals surface area (Å²) in [6, 6.07) is 2.89. The molecule has 2 N–H and O–H groups in total. The first-order valence-corrected chi connectivity index (χ1v) is 6.50. The Bertz CT molecular complexity index is 413. The number of amides is 1. The van der Waals surface area contributed by atoms with Crippen molar-refractivity contribution in [3.05, 3.63) is 35.4 Å². The van der Waals surface area contributed by atoms with E-state index in [9.17, 15) is 13.6 Å². The Balaban J connectivity index is 3.04. The maximum atomic E-state index is 13.2. The minimum absolute atomic E-state index is 0.0258. The second-order valence-corrected chi connectivity index (χ2v) is 4.42. The highest BCUT2D eigenvalue weighted by Gasteiger charge is 2.22. The minimum Gasteiger partial charge on any atom is -0.334 e. The van der Waals surface area contributed by atoms with Crippen LogP contribution in [0.4, 0.5) is 8.78 Å². The van der Waals surface area contributed by atoms with Crippen LogP contribution in [0.25, 0.3) is 0 Å². The average Bonchev–Trinajstić information content (AvgIpc) is 2.37. The molecule has 0 heterocycles. The minimum atomic E-state index is -0.749. The standard InChI is InChI=1S/C14H20F2N2O/c1-3-13(4-2)18(6-5-17)14(19)10-7-11(15)9-12(16)8-10/h7-9,13H,3-6,17H2,1-2H3. The Morgan fingerprint density at radius 2 is 1.74 bits per heavy atom. The van der Waals surface area contributed by atoms with Gasteiger partial charge in [0.2, 0.25) is 0 Å². The molecule has 1 amide bonds. The summed E-state index contributed by atoms with van der Waals surface area (Å²) in [6.07, 6.45) is 1.56. The van der Waals surface area contributed by atoms with Crippen molar-refractivity contribution in [1.82, 2.24) is 4.90 Å². The fraction of sp³-hybridized carbons (Fsp3) is 0.500. The lowest BCUT2D eigenvalue weighted by Gasteiger charge is -2.30. The third-order valence-corrected chi connectivity index (χ3v) is 3.12. The van der Waals surface area contributed by atoms with E-state index in [-0.39, 0.29) is 17.5 Å². The summed E-state index contributed by atoms with van der Waals surface area (Å²) in [5.41, 5.74) is 5.54. The second-order valence-electron chi connectivity index (χ2n) is 4.42. The Morgan fingerprint density at radius 1 is 1.21 bits per heavy atom. The smallest absolute Gasteiger partial charge is 0.254 e. The largest absolute Gasteiger partial charge is 0.334 e. The van der Waals surface area contributed by atoms with Crippen molar-refractivity contribution in [1.29, 1.82) is 0 Å². The van der Waals surface area contributed by atoms with Crippen LogP contribution >= 0.6 is 0 Å². The number of carbonyl (C=O) groups is 1. The van der Waals surface area contributed by atoms with Crippen molar-refractivity contribution in [2.45, 2.75) is 32.7 Å². The lowest BCUT2D eigenvalue weighted by molar-refractivity contribution is 0.0673. The monoisotopic (exact) mass is 270 g/mol. The maximum Gasteiger partial charge on any atom is 0.254 e. The quantitative estimate of drug-likeness (QED) is 0.863. The van der Waals surface area contributed by atoms with Gasteiger partial charge in [0.25, 0.3) is 5.91 Å². The van der Waals surface area contributed by atoms with Crippen LogP contribution in [0, 0.1) is 11.6 Å². The molecule has 1 rings (SSSR count). The summed E-state index contributed by atoms with van der Waals surface area (Å²) in [4.78, 5) is 13.9.